The number of hydrogen-bond acceptors (Lipinski definition) is 5. The summed E-state index contributed by atoms with van der Waals surface area (Å²) in [5.41, 5.74) is 11.5. The molecule has 4 rings (SSSR count). The lowest BCUT2D eigenvalue weighted by molar-refractivity contribution is -0.167. The van der Waals surface area contributed by atoms with E-state index in [9.17, 15) is 19.8 Å². The van der Waals surface area contributed by atoms with Gasteiger partial charge < -0.3 is 26.4 Å². The quantitative estimate of drug-likeness (QED) is 0.468. The van der Waals surface area contributed by atoms with Crippen LogP contribution >= 0.6 is 0 Å². The number of carbonyl (C=O) groups is 2. The van der Waals surface area contributed by atoms with Gasteiger partial charge >= 0.3 is 12.1 Å². The van der Waals surface area contributed by atoms with Gasteiger partial charge in [-0.2, -0.15) is 0 Å². The van der Waals surface area contributed by atoms with Crippen molar-refractivity contribution in [1.82, 2.24) is 0 Å². The molecule has 1 amide bonds. The van der Waals surface area contributed by atoms with Crippen LogP contribution in [-0.4, -0.2) is 40.0 Å². The van der Waals surface area contributed by atoms with E-state index in [4.69, 9.17) is 16.2 Å². The van der Waals surface area contributed by atoms with Gasteiger partial charge in [-0.3, -0.25) is 4.79 Å². The number of nitrogens with two attached hydrogens (primary N) is 2. The molecule has 4 fully saturated rings. The van der Waals surface area contributed by atoms with Crippen LogP contribution in [0.15, 0.2) is 0 Å². The lowest BCUT2D eigenvalue weighted by Crippen LogP contribution is -2.67. The van der Waals surface area contributed by atoms with Crippen LogP contribution < -0.4 is 11.5 Å². The smallest absolute Gasteiger partial charge is 0.405 e. The van der Waals surface area contributed by atoms with Crippen LogP contribution in [0, 0.1) is 40.4 Å². The maximum atomic E-state index is 12.0. The van der Waals surface area contributed by atoms with Crippen molar-refractivity contribution in [3.05, 3.63) is 0 Å². The number of carboxylic acids is 1. The molecule has 6 N–H and O–H groups in total. The Kier molecular flexibility index (Phi) is 6.31. The van der Waals surface area contributed by atoms with Gasteiger partial charge in [0.25, 0.3) is 0 Å². The molecule has 1 unspecified atom stereocenters. The van der Waals surface area contributed by atoms with Gasteiger partial charge in [0.05, 0.1) is 5.92 Å². The molecule has 7 heteroatoms. The summed E-state index contributed by atoms with van der Waals surface area (Å²) < 4.78 is 5.82. The molecule has 0 aromatic rings. The van der Waals surface area contributed by atoms with Crippen molar-refractivity contribution in [2.45, 2.75) is 103 Å². The number of ether oxygens (including phenoxy) is 1. The highest BCUT2D eigenvalue weighted by molar-refractivity contribution is 5.72. The summed E-state index contributed by atoms with van der Waals surface area (Å²) >= 11 is 0. The van der Waals surface area contributed by atoms with Gasteiger partial charge in [-0.05, 0) is 105 Å². The Labute approximate surface area is 198 Å². The predicted molar refractivity (Wildman–Crippen MR) is 125 cm³/mol. The second kappa shape index (κ2) is 8.40. The Bertz CT molecular complexity index is 791. The molecule has 188 valence electrons. The molecule has 0 bridgehead atoms. The molecule has 0 radical (unpaired) electrons. The van der Waals surface area contributed by atoms with Crippen molar-refractivity contribution in [2.75, 3.05) is 6.61 Å². The largest absolute Gasteiger partial charge is 0.481 e. The van der Waals surface area contributed by atoms with E-state index in [0.29, 0.717) is 24.2 Å². The van der Waals surface area contributed by atoms with Crippen LogP contribution in [0.4, 0.5) is 4.79 Å². The van der Waals surface area contributed by atoms with Crippen LogP contribution in [-0.2, 0) is 9.53 Å². The Morgan fingerprint density at radius 2 is 1.79 bits per heavy atom. The van der Waals surface area contributed by atoms with Gasteiger partial charge in [-0.25, -0.2) is 4.79 Å². The molecule has 0 heterocycles. The monoisotopic (exact) mass is 464 g/mol. The fourth-order valence-corrected chi connectivity index (χ4v) is 8.96. The van der Waals surface area contributed by atoms with Crippen molar-refractivity contribution in [3.8, 4) is 0 Å². The van der Waals surface area contributed by atoms with Gasteiger partial charge in [0, 0.05) is 12.1 Å². The Morgan fingerprint density at radius 1 is 1.06 bits per heavy atom. The number of rotatable bonds is 6. The number of hydrogen-bond donors (Lipinski definition) is 4. The van der Waals surface area contributed by atoms with Gasteiger partial charge in [0.1, 0.15) is 5.60 Å². The fraction of sp³-hybridized carbons (Fsp3) is 0.923. The number of carbonyl (C=O) groups excluding carboxylic acids is 1. The zero-order valence-corrected chi connectivity index (χ0v) is 20.6. The maximum Gasteiger partial charge on any atom is 0.405 e. The van der Waals surface area contributed by atoms with Crippen LogP contribution in [0.3, 0.4) is 0 Å². The lowest BCUT2D eigenvalue weighted by Gasteiger charge is -2.65. The minimum absolute atomic E-state index is 0.116. The standard InChI is InChI=1S/C26H44N2O5/c1-16(15-29)6-10-25(33-22(27)32)13-12-23(2)17(14-25)4-5-19-18(23)7-9-24(3)20(21(30)31)8-11-26(19,24)28/h16-20,29H,4-15,28H2,1-3H3,(H2,27,32)(H,30,31)/t16?,17-,18+,19-,20-,23+,24-,25+,26+/m1/s1. The van der Waals surface area contributed by atoms with Crippen molar-refractivity contribution in [2.24, 2.45) is 51.9 Å². The molecule has 0 aromatic carbocycles. The topological polar surface area (TPSA) is 136 Å². The van der Waals surface area contributed by atoms with Crippen LogP contribution in [0.5, 0.6) is 0 Å². The zero-order valence-electron chi connectivity index (χ0n) is 20.6. The average molecular weight is 465 g/mol. The molecule has 33 heavy (non-hydrogen) atoms. The van der Waals surface area contributed by atoms with Crippen molar-refractivity contribution >= 4 is 12.1 Å². The van der Waals surface area contributed by atoms with Gasteiger partial charge in [-0.1, -0.05) is 20.8 Å². The van der Waals surface area contributed by atoms with E-state index in [1.54, 1.807) is 0 Å². The third-order valence-corrected chi connectivity index (χ3v) is 11.2. The Hall–Kier alpha value is -1.34. The van der Waals surface area contributed by atoms with Crippen LogP contribution in [0.25, 0.3) is 0 Å². The van der Waals surface area contributed by atoms with E-state index >= 15 is 0 Å². The minimum atomic E-state index is -0.705. The van der Waals surface area contributed by atoms with Crippen molar-refractivity contribution < 1.29 is 24.5 Å². The number of amides is 1. The molecule has 0 aliphatic heterocycles. The molecule has 0 aromatic heterocycles. The number of fused-ring (bicyclic) bond motifs is 5. The molecule has 4 aliphatic carbocycles. The van der Waals surface area contributed by atoms with Crippen LogP contribution in [0.2, 0.25) is 0 Å². The van der Waals surface area contributed by atoms with E-state index in [2.05, 4.69) is 13.8 Å². The molecule has 4 saturated carbocycles. The SMILES string of the molecule is CC(CO)CC[C@]1(OC(N)=O)CC[C@@]2(C)[C@H](CC[C@@H]3[C@@H]2CC[C@]2(C)[C@@H](C(=O)O)CC[C@]32N)C1. The molecule has 7 nitrogen and oxygen atoms in total. The summed E-state index contributed by atoms with van der Waals surface area (Å²) in [5.74, 6) is 0.392. The van der Waals surface area contributed by atoms with E-state index in [0.717, 1.165) is 64.2 Å². The molecular weight excluding hydrogens is 420 g/mol. The van der Waals surface area contributed by atoms with E-state index < -0.39 is 23.2 Å². The number of aliphatic carboxylic acids is 1. The first kappa shape index (κ1) is 24.8. The lowest BCUT2D eigenvalue weighted by atomic mass is 9.42. The third-order valence-electron chi connectivity index (χ3n) is 11.2. The number of primary amides is 1. The van der Waals surface area contributed by atoms with Crippen molar-refractivity contribution in [1.29, 1.82) is 0 Å². The molecule has 4 aliphatic rings. The number of aliphatic hydroxyl groups excluding tert-OH is 1. The number of aliphatic hydroxyl groups is 1. The van der Waals surface area contributed by atoms with Gasteiger partial charge in [0.15, 0.2) is 0 Å². The Balaban J connectivity index is 1.57. The summed E-state index contributed by atoms with van der Waals surface area (Å²) in [6.07, 6.45) is 8.85. The first-order valence-electron chi connectivity index (χ1n) is 13.0. The average Bonchev–Trinajstić information content (AvgIpc) is 3.03. The van der Waals surface area contributed by atoms with E-state index in [1.165, 1.54) is 0 Å². The normalized spacial score (nSPS) is 47.7. The first-order valence-corrected chi connectivity index (χ1v) is 13.0. The third kappa shape index (κ3) is 3.78. The zero-order chi connectivity index (χ0) is 24.2. The molecule has 9 atom stereocenters. The number of carboxylic acid groups (broad SMARTS) is 1. The second-order valence-electron chi connectivity index (χ2n) is 12.6. The van der Waals surface area contributed by atoms with Gasteiger partial charge in [-0.15, -0.1) is 0 Å². The van der Waals surface area contributed by atoms with E-state index in [1.807, 2.05) is 6.92 Å². The molecular formula is C26H44N2O5. The fourth-order valence-electron chi connectivity index (χ4n) is 8.96. The summed E-state index contributed by atoms with van der Waals surface area (Å²) in [5, 5.41) is 19.4. The highest BCUT2D eigenvalue weighted by Crippen LogP contribution is 2.69. The first-order chi connectivity index (χ1) is 15.4. The highest BCUT2D eigenvalue weighted by Gasteiger charge is 2.68. The predicted octanol–water partition coefficient (Wildman–Crippen LogP) is 4.05. The van der Waals surface area contributed by atoms with Crippen LogP contribution in [0.1, 0.15) is 91.4 Å². The summed E-state index contributed by atoms with van der Waals surface area (Å²) in [6.45, 7) is 6.70. The molecule has 0 saturated heterocycles. The summed E-state index contributed by atoms with van der Waals surface area (Å²) in [7, 11) is 0. The minimum Gasteiger partial charge on any atom is -0.481 e. The summed E-state index contributed by atoms with van der Waals surface area (Å²) in [4.78, 5) is 23.9. The second-order valence-corrected chi connectivity index (χ2v) is 12.6. The molecule has 0 spiro atoms. The highest BCUT2D eigenvalue weighted by atomic mass is 16.6. The Morgan fingerprint density at radius 3 is 2.42 bits per heavy atom. The van der Waals surface area contributed by atoms with Gasteiger partial charge in [0.2, 0.25) is 0 Å². The van der Waals surface area contributed by atoms with E-state index in [-0.39, 0.29) is 29.3 Å². The van der Waals surface area contributed by atoms with Crippen molar-refractivity contribution in [3.63, 3.8) is 0 Å². The maximum absolute atomic E-state index is 12.0. The summed E-state index contributed by atoms with van der Waals surface area (Å²) in [6, 6.07) is 0.